The van der Waals surface area contributed by atoms with E-state index in [1.165, 1.54) is 32.1 Å². The van der Waals surface area contributed by atoms with Crippen molar-refractivity contribution in [3.05, 3.63) is 18.0 Å². The van der Waals surface area contributed by atoms with Crippen LogP contribution in [-0.2, 0) is 0 Å². The number of nitrogens with two attached hydrogens (primary N) is 1. The molecule has 1 aliphatic carbocycles. The largest absolute Gasteiger partial charge is 0.478 e. The Bertz CT molecular complexity index is 574. The van der Waals surface area contributed by atoms with Gasteiger partial charge >= 0.3 is 0 Å². The molecule has 0 aliphatic heterocycles. The number of imidazole rings is 1. The van der Waals surface area contributed by atoms with Gasteiger partial charge in [0.05, 0.1) is 18.2 Å². The second-order valence-electron chi connectivity index (χ2n) is 5.50. The standard InChI is InChI=1S/C15H22N4O/c1-2-20-12-9-8-11-14(18-12)19-15(17-11)13(16)10-6-4-3-5-7-10/h8-10,13H,2-7,16H2,1H3,(H,17,18,19). The topological polar surface area (TPSA) is 76.8 Å². The predicted molar refractivity (Wildman–Crippen MR) is 78.6 cm³/mol. The first-order chi connectivity index (χ1) is 9.78. The van der Waals surface area contributed by atoms with Gasteiger partial charge in [0.2, 0.25) is 5.88 Å². The minimum absolute atomic E-state index is 0.0138. The fourth-order valence-electron chi connectivity index (χ4n) is 3.00. The Morgan fingerprint density at radius 2 is 2.10 bits per heavy atom. The number of pyridine rings is 1. The van der Waals surface area contributed by atoms with Crippen molar-refractivity contribution in [1.82, 2.24) is 15.0 Å². The maximum atomic E-state index is 6.38. The monoisotopic (exact) mass is 274 g/mol. The van der Waals surface area contributed by atoms with Gasteiger partial charge in [0.1, 0.15) is 5.82 Å². The first kappa shape index (κ1) is 13.4. The Kier molecular flexibility index (Phi) is 3.87. The third-order valence-corrected chi connectivity index (χ3v) is 4.10. The minimum atomic E-state index is -0.0138. The minimum Gasteiger partial charge on any atom is -0.478 e. The number of aromatic nitrogens is 3. The molecule has 2 aromatic rings. The molecule has 1 unspecified atom stereocenters. The summed E-state index contributed by atoms with van der Waals surface area (Å²) in [5.41, 5.74) is 8.00. The lowest BCUT2D eigenvalue weighted by Crippen LogP contribution is -2.24. The molecule has 1 fully saturated rings. The molecular formula is C15H22N4O. The Labute approximate surface area is 118 Å². The smallest absolute Gasteiger partial charge is 0.215 e. The average molecular weight is 274 g/mol. The summed E-state index contributed by atoms with van der Waals surface area (Å²) in [4.78, 5) is 12.3. The molecule has 0 spiro atoms. The molecule has 0 radical (unpaired) electrons. The fraction of sp³-hybridized carbons (Fsp3) is 0.600. The molecule has 2 aromatic heterocycles. The number of ether oxygens (including phenoxy) is 1. The van der Waals surface area contributed by atoms with E-state index < -0.39 is 0 Å². The van der Waals surface area contributed by atoms with E-state index in [0.717, 1.165) is 11.3 Å². The summed E-state index contributed by atoms with van der Waals surface area (Å²) >= 11 is 0. The molecule has 0 bridgehead atoms. The van der Waals surface area contributed by atoms with E-state index >= 15 is 0 Å². The van der Waals surface area contributed by atoms with Crippen LogP contribution in [0.15, 0.2) is 12.1 Å². The Morgan fingerprint density at radius 3 is 2.85 bits per heavy atom. The van der Waals surface area contributed by atoms with Crippen molar-refractivity contribution in [3.8, 4) is 5.88 Å². The molecule has 2 heterocycles. The highest BCUT2D eigenvalue weighted by Gasteiger charge is 2.24. The van der Waals surface area contributed by atoms with Crippen molar-refractivity contribution in [3.63, 3.8) is 0 Å². The van der Waals surface area contributed by atoms with Crippen LogP contribution in [0.1, 0.15) is 50.9 Å². The van der Waals surface area contributed by atoms with Gasteiger partial charge in [0.25, 0.3) is 0 Å². The average Bonchev–Trinajstić information content (AvgIpc) is 2.91. The molecule has 3 N–H and O–H groups in total. The number of fused-ring (bicyclic) bond motifs is 1. The van der Waals surface area contributed by atoms with Gasteiger partial charge in [-0.05, 0) is 31.7 Å². The van der Waals surface area contributed by atoms with Crippen molar-refractivity contribution in [2.75, 3.05) is 6.61 Å². The van der Waals surface area contributed by atoms with Gasteiger partial charge in [-0.2, -0.15) is 4.98 Å². The highest BCUT2D eigenvalue weighted by molar-refractivity contribution is 5.71. The maximum Gasteiger partial charge on any atom is 0.215 e. The van der Waals surface area contributed by atoms with Gasteiger partial charge < -0.3 is 15.5 Å². The van der Waals surface area contributed by atoms with E-state index in [4.69, 9.17) is 10.5 Å². The second-order valence-corrected chi connectivity index (χ2v) is 5.50. The molecule has 0 saturated heterocycles. The zero-order valence-electron chi connectivity index (χ0n) is 11.9. The molecule has 0 aromatic carbocycles. The van der Waals surface area contributed by atoms with E-state index in [1.54, 1.807) is 0 Å². The first-order valence-electron chi connectivity index (χ1n) is 7.53. The van der Waals surface area contributed by atoms with Gasteiger partial charge in [-0.25, -0.2) is 4.98 Å². The summed E-state index contributed by atoms with van der Waals surface area (Å²) in [5, 5.41) is 0. The van der Waals surface area contributed by atoms with Crippen LogP contribution in [0, 0.1) is 5.92 Å². The Morgan fingerprint density at radius 1 is 1.30 bits per heavy atom. The van der Waals surface area contributed by atoms with Crippen molar-refractivity contribution in [2.45, 2.75) is 45.1 Å². The van der Waals surface area contributed by atoms with E-state index in [-0.39, 0.29) is 6.04 Å². The van der Waals surface area contributed by atoms with Gasteiger partial charge in [-0.3, -0.25) is 0 Å². The molecule has 5 heteroatoms. The molecule has 108 valence electrons. The predicted octanol–water partition coefficient (Wildman–Crippen LogP) is 2.94. The number of rotatable bonds is 4. The van der Waals surface area contributed by atoms with E-state index in [1.807, 2.05) is 19.1 Å². The summed E-state index contributed by atoms with van der Waals surface area (Å²) in [6, 6.07) is 3.80. The molecular weight excluding hydrogens is 252 g/mol. The summed E-state index contributed by atoms with van der Waals surface area (Å²) in [7, 11) is 0. The summed E-state index contributed by atoms with van der Waals surface area (Å²) in [6.45, 7) is 2.55. The number of nitrogens with zero attached hydrogens (tertiary/aromatic N) is 2. The SMILES string of the molecule is CCOc1ccc2[nH]c(C(N)C3CCCCC3)nc2n1. The van der Waals surface area contributed by atoms with Crippen LogP contribution in [0.2, 0.25) is 0 Å². The lowest BCUT2D eigenvalue weighted by atomic mass is 9.84. The molecule has 3 rings (SSSR count). The number of H-pyrrole nitrogens is 1. The second kappa shape index (κ2) is 5.79. The molecule has 1 aliphatic rings. The lowest BCUT2D eigenvalue weighted by molar-refractivity contribution is 0.302. The van der Waals surface area contributed by atoms with Crippen molar-refractivity contribution in [2.24, 2.45) is 11.7 Å². The highest BCUT2D eigenvalue weighted by Crippen LogP contribution is 2.32. The lowest BCUT2D eigenvalue weighted by Gasteiger charge is -2.25. The first-order valence-corrected chi connectivity index (χ1v) is 7.53. The van der Waals surface area contributed by atoms with E-state index in [2.05, 4.69) is 15.0 Å². The van der Waals surface area contributed by atoms with Crippen LogP contribution in [0.3, 0.4) is 0 Å². The Hall–Kier alpha value is -1.62. The number of hydrogen-bond acceptors (Lipinski definition) is 4. The number of aromatic amines is 1. The maximum absolute atomic E-state index is 6.38. The normalized spacial score (nSPS) is 18.3. The fourth-order valence-corrected chi connectivity index (χ4v) is 3.00. The van der Waals surface area contributed by atoms with Crippen LogP contribution in [0.5, 0.6) is 5.88 Å². The summed E-state index contributed by atoms with van der Waals surface area (Å²) in [5.74, 6) is 2.01. The summed E-state index contributed by atoms with van der Waals surface area (Å²) in [6.07, 6.45) is 6.31. The Balaban J connectivity index is 1.84. The molecule has 5 nitrogen and oxygen atoms in total. The van der Waals surface area contributed by atoms with Crippen LogP contribution < -0.4 is 10.5 Å². The van der Waals surface area contributed by atoms with Crippen LogP contribution in [-0.4, -0.2) is 21.6 Å². The summed E-state index contributed by atoms with van der Waals surface area (Å²) < 4.78 is 5.40. The van der Waals surface area contributed by atoms with Crippen molar-refractivity contribution < 1.29 is 4.74 Å². The van der Waals surface area contributed by atoms with Gasteiger partial charge in [0.15, 0.2) is 5.65 Å². The van der Waals surface area contributed by atoms with Crippen LogP contribution in [0.4, 0.5) is 0 Å². The third kappa shape index (κ3) is 2.63. The molecule has 0 amide bonds. The number of nitrogens with one attached hydrogen (secondary N) is 1. The van der Waals surface area contributed by atoms with E-state index in [9.17, 15) is 0 Å². The van der Waals surface area contributed by atoms with Crippen molar-refractivity contribution in [1.29, 1.82) is 0 Å². The van der Waals surface area contributed by atoms with Gasteiger partial charge in [-0.15, -0.1) is 0 Å². The van der Waals surface area contributed by atoms with Gasteiger partial charge in [-0.1, -0.05) is 19.3 Å². The zero-order valence-corrected chi connectivity index (χ0v) is 11.9. The van der Waals surface area contributed by atoms with E-state index in [0.29, 0.717) is 24.1 Å². The molecule has 20 heavy (non-hydrogen) atoms. The van der Waals surface area contributed by atoms with Crippen molar-refractivity contribution >= 4 is 11.2 Å². The number of hydrogen-bond donors (Lipinski definition) is 2. The highest BCUT2D eigenvalue weighted by atomic mass is 16.5. The molecule has 1 atom stereocenters. The quantitative estimate of drug-likeness (QED) is 0.898. The van der Waals surface area contributed by atoms with Gasteiger partial charge in [0, 0.05) is 6.07 Å². The molecule has 1 saturated carbocycles. The van der Waals surface area contributed by atoms with Crippen LogP contribution >= 0.6 is 0 Å². The third-order valence-electron chi connectivity index (χ3n) is 4.10. The zero-order chi connectivity index (χ0) is 13.9. The van der Waals surface area contributed by atoms with Crippen LogP contribution in [0.25, 0.3) is 11.2 Å².